The molecule has 2 radical (unpaired) electrons. The van der Waals surface area contributed by atoms with Crippen molar-refractivity contribution < 1.29 is 21.5 Å². The number of rotatable bonds is 5. The third-order valence-electron chi connectivity index (χ3n) is 9.76. The monoisotopic (exact) mass is 797 g/mol. The average molecular weight is 797 g/mol. The number of fused-ring (bicyclic) bond motifs is 9. The summed E-state index contributed by atoms with van der Waals surface area (Å²) in [6, 6.07) is 51.7. The number of hydrogen-bond donors (Lipinski definition) is 0. The zero-order valence-electron chi connectivity index (χ0n) is 27.4. The van der Waals surface area contributed by atoms with Crippen LogP contribution in [0.3, 0.4) is 0 Å². The number of para-hydroxylation sites is 2. The summed E-state index contributed by atoms with van der Waals surface area (Å²) in [4.78, 5) is 15.3. The van der Waals surface area contributed by atoms with Gasteiger partial charge in [0.25, 0.3) is 0 Å². The molecule has 250 valence electrons. The molecule has 52 heavy (non-hydrogen) atoms. The van der Waals surface area contributed by atoms with Crippen LogP contribution in [0.2, 0.25) is 0 Å². The van der Waals surface area contributed by atoms with Crippen LogP contribution in [0.5, 0.6) is 0 Å². The molecule has 0 aliphatic rings. The van der Waals surface area contributed by atoms with E-state index < -0.39 is 14.6 Å². The van der Waals surface area contributed by atoms with Crippen molar-refractivity contribution in [1.29, 1.82) is 0 Å². The van der Waals surface area contributed by atoms with Gasteiger partial charge in [-0.2, -0.15) is 0 Å². The van der Waals surface area contributed by atoms with Crippen LogP contribution in [-0.2, 0) is 17.1 Å². The third-order valence-corrected chi connectivity index (χ3v) is 16.5. The summed E-state index contributed by atoms with van der Waals surface area (Å²) < 4.78 is 16.3. The number of pyridine rings is 3. The van der Waals surface area contributed by atoms with E-state index in [-0.39, 0.29) is 17.1 Å². The van der Waals surface area contributed by atoms with Crippen LogP contribution >= 0.6 is 11.3 Å². The Hall–Kier alpha value is -5.51. The van der Waals surface area contributed by atoms with Gasteiger partial charge in [0.15, 0.2) is 0 Å². The molecule has 7 heterocycles. The van der Waals surface area contributed by atoms with Crippen molar-refractivity contribution in [3.05, 3.63) is 158 Å². The average Bonchev–Trinajstić information content (AvgIpc) is 3.94. The molecule has 0 aliphatic heterocycles. The maximum atomic E-state index is 6.17. The summed E-state index contributed by atoms with van der Waals surface area (Å²) in [7, 11) is 0. The van der Waals surface area contributed by atoms with Gasteiger partial charge in [0.2, 0.25) is 0 Å². The minimum atomic E-state index is -2.40. The van der Waals surface area contributed by atoms with Crippen molar-refractivity contribution in [3.63, 3.8) is 0 Å². The molecule has 0 atom stereocenters. The summed E-state index contributed by atoms with van der Waals surface area (Å²) in [6.07, 6.45) is 3.61. The van der Waals surface area contributed by atoms with Crippen LogP contribution in [0.25, 0.3) is 81.4 Å². The first kappa shape index (κ1) is 31.2. The van der Waals surface area contributed by atoms with E-state index in [1.165, 1.54) is 34.6 Å². The van der Waals surface area contributed by atoms with E-state index in [0.717, 1.165) is 55.6 Å². The zero-order chi connectivity index (χ0) is 33.5. The number of benzene rings is 4. The van der Waals surface area contributed by atoms with Crippen LogP contribution < -0.4 is 8.79 Å². The van der Waals surface area contributed by atoms with Gasteiger partial charge >= 0.3 is 283 Å². The second-order valence-corrected chi connectivity index (χ2v) is 18.5. The molecule has 11 aromatic rings. The normalized spacial score (nSPS) is 11.9. The Morgan fingerprint density at radius 3 is 2.04 bits per heavy atom. The van der Waals surface area contributed by atoms with Crippen molar-refractivity contribution in [1.82, 2.24) is 23.0 Å². The minimum absolute atomic E-state index is 0. The molecule has 7 aromatic heterocycles. The van der Waals surface area contributed by atoms with Crippen LogP contribution in [-0.4, -0.2) is 37.6 Å². The van der Waals surface area contributed by atoms with E-state index >= 15 is 0 Å². The number of hydrogen-bond acceptors (Lipinski definition) is 5. The fraction of sp³-hybridized carbons (Fsp3) is 0. The molecule has 11 rings (SSSR count). The number of furan rings is 1. The summed E-state index contributed by atoms with van der Waals surface area (Å²) >= 11 is -0.554. The molecule has 0 amide bonds. The van der Waals surface area contributed by atoms with Crippen molar-refractivity contribution >= 4 is 99.1 Å². The van der Waals surface area contributed by atoms with Gasteiger partial charge < -0.3 is 0 Å². The molecule has 0 spiro atoms. The van der Waals surface area contributed by atoms with Crippen LogP contribution in [0.15, 0.2) is 162 Å². The first-order chi connectivity index (χ1) is 25.3. The van der Waals surface area contributed by atoms with Gasteiger partial charge in [0.05, 0.1) is 0 Å². The molecule has 4 aromatic carbocycles. The second kappa shape index (κ2) is 12.3. The van der Waals surface area contributed by atoms with Crippen molar-refractivity contribution in [2.75, 3.05) is 0 Å². The molecular formula is C43H26CuGeN5OS. The molecule has 0 saturated carbocycles. The Labute approximate surface area is 316 Å². The molecule has 0 bridgehead atoms. The topological polar surface area (TPSA) is 61.7 Å². The summed E-state index contributed by atoms with van der Waals surface area (Å²) in [5, 5.41) is 3.53. The Morgan fingerprint density at radius 1 is 0.596 bits per heavy atom. The van der Waals surface area contributed by atoms with Gasteiger partial charge in [-0.3, -0.25) is 0 Å². The second-order valence-electron chi connectivity index (χ2n) is 12.7. The predicted molar refractivity (Wildman–Crippen MR) is 211 cm³/mol. The predicted octanol–water partition coefficient (Wildman–Crippen LogP) is 9.36. The Morgan fingerprint density at radius 2 is 1.29 bits per heavy atom. The summed E-state index contributed by atoms with van der Waals surface area (Å²) in [6.45, 7) is 0. The third kappa shape index (κ3) is 4.65. The van der Waals surface area contributed by atoms with Crippen molar-refractivity contribution in [2.24, 2.45) is 0 Å². The van der Waals surface area contributed by atoms with Crippen LogP contribution in [0, 0.1) is 0 Å². The molecule has 0 N–H and O–H groups in total. The first-order valence-corrected chi connectivity index (χ1v) is 20.7. The van der Waals surface area contributed by atoms with Gasteiger partial charge in [0, 0.05) is 23.3 Å². The van der Waals surface area contributed by atoms with E-state index in [9.17, 15) is 0 Å². The van der Waals surface area contributed by atoms with Gasteiger partial charge in [-0.25, -0.2) is 0 Å². The Kier molecular flexibility index (Phi) is 7.40. The zero-order valence-corrected chi connectivity index (χ0v) is 31.2. The molecule has 6 nitrogen and oxygen atoms in total. The van der Waals surface area contributed by atoms with Crippen molar-refractivity contribution in [2.45, 2.75) is 0 Å². The van der Waals surface area contributed by atoms with E-state index in [2.05, 4.69) is 128 Å². The standard InChI is InChI=1S/C43H26GeN5OS.Cu/c1-3-13-27(14-4-1)44(28-15-5-2-6-16-28)49-35-21-10-8-18-30(35)42-41(49)40-38(51-42)25-31-29-17-7-9-20-34(29)48(43(31)47-40)36-26-50-37-23-22-33(46-39(36)37)32-19-11-12-24-45-32;/h1-26H;. The fourth-order valence-electron chi connectivity index (χ4n) is 7.56. The Bertz CT molecular complexity index is 3060. The molecule has 0 saturated heterocycles. The number of thiophene rings is 1. The quantitative estimate of drug-likeness (QED) is 0.163. The van der Waals surface area contributed by atoms with Gasteiger partial charge in [0.1, 0.15) is 0 Å². The van der Waals surface area contributed by atoms with E-state index in [1.54, 1.807) is 6.20 Å². The maximum absolute atomic E-state index is 6.17. The first-order valence-electron chi connectivity index (χ1n) is 16.9. The van der Waals surface area contributed by atoms with E-state index in [1.807, 2.05) is 47.9 Å². The summed E-state index contributed by atoms with van der Waals surface area (Å²) in [5.74, 6) is 0. The molecular weight excluding hydrogens is 771 g/mol. The van der Waals surface area contributed by atoms with Crippen LogP contribution in [0.1, 0.15) is 0 Å². The van der Waals surface area contributed by atoms with Gasteiger partial charge in [-0.05, 0) is 6.07 Å². The Balaban J connectivity index is 0.00000338. The van der Waals surface area contributed by atoms with E-state index in [0.29, 0.717) is 0 Å². The van der Waals surface area contributed by atoms with E-state index in [4.69, 9.17) is 14.4 Å². The van der Waals surface area contributed by atoms with Crippen molar-refractivity contribution in [3.8, 4) is 17.1 Å². The number of nitrogens with zero attached hydrogens (tertiary/aromatic N) is 5. The number of aromatic nitrogens is 5. The SMILES string of the molecule is [Cu].c1cc[c]([Ge]([c]2ccccc2)[n]2c3ccccc3c3sc4cc5c6ccccc6n(-c6coc7ccc(-c8ccccn8)nc67)c5nc4c32)cc1. The summed E-state index contributed by atoms with van der Waals surface area (Å²) in [5.41, 5.74) is 9.40. The van der Waals surface area contributed by atoms with Crippen LogP contribution in [0.4, 0.5) is 0 Å². The molecule has 0 fully saturated rings. The molecule has 0 aliphatic carbocycles. The fourth-order valence-corrected chi connectivity index (χ4v) is 14.7. The molecule has 9 heteroatoms. The van der Waals surface area contributed by atoms with Gasteiger partial charge in [-0.15, -0.1) is 0 Å². The van der Waals surface area contributed by atoms with Gasteiger partial charge in [-0.1, -0.05) is 6.07 Å². The molecule has 0 unspecified atom stereocenters.